The summed E-state index contributed by atoms with van der Waals surface area (Å²) in [4.78, 5) is 11.9. The lowest BCUT2D eigenvalue weighted by Gasteiger charge is -2.14. The number of ether oxygens (including phenoxy) is 2. The third-order valence-corrected chi connectivity index (χ3v) is 2.87. The van der Waals surface area contributed by atoms with Crippen molar-refractivity contribution in [3.8, 4) is 11.5 Å². The van der Waals surface area contributed by atoms with Crippen molar-refractivity contribution in [1.29, 1.82) is 0 Å². The zero-order valence-corrected chi connectivity index (χ0v) is 13.4. The van der Waals surface area contributed by atoms with E-state index in [1.807, 2.05) is 0 Å². The van der Waals surface area contributed by atoms with Crippen LogP contribution >= 0.6 is 0 Å². The van der Waals surface area contributed by atoms with Crippen molar-refractivity contribution in [2.24, 2.45) is 0 Å². The average Bonchev–Trinajstić information content (AvgIpc) is 3.00. The minimum atomic E-state index is -2.85. The zero-order valence-electron chi connectivity index (χ0n) is 13.4. The maximum absolute atomic E-state index is 14.0. The number of carbonyl (C=O) groups is 1. The number of carbonyl (C=O) groups excluding carboxylic acids is 1. The molecule has 2 amide bonds. The summed E-state index contributed by atoms with van der Waals surface area (Å²) < 4.78 is 53.6. The number of benzene rings is 1. The molecule has 0 aliphatic rings. The first kappa shape index (κ1) is 18.4. The van der Waals surface area contributed by atoms with Crippen LogP contribution in [0.25, 0.3) is 0 Å². The van der Waals surface area contributed by atoms with Gasteiger partial charge in [0.05, 0.1) is 18.9 Å². The smallest absolute Gasteiger partial charge is 0.325 e. The number of urea groups is 1. The highest BCUT2D eigenvalue weighted by Crippen LogP contribution is 2.32. The van der Waals surface area contributed by atoms with Gasteiger partial charge in [0.1, 0.15) is 5.75 Å². The summed E-state index contributed by atoms with van der Waals surface area (Å²) in [6.45, 7) is 3.95. The molecule has 136 valence electrons. The summed E-state index contributed by atoms with van der Waals surface area (Å²) in [6.07, 6.45) is -2.85. The Morgan fingerprint density at radius 1 is 1.16 bits per heavy atom. The van der Waals surface area contributed by atoms with Crippen LogP contribution in [0.1, 0.15) is 26.0 Å². The standard InChI is InChI=1S/C15H16F3N3O4/c1-3-23-10-6-11(24-4-2)9(5-8(10)16)19-15(22)20-13-7-12(14(17)18)25-21-13/h5-7,14H,3-4H2,1-2H3,(H2,19,20,21,22). The summed E-state index contributed by atoms with van der Waals surface area (Å²) in [5.41, 5.74) is 0.0397. The highest BCUT2D eigenvalue weighted by Gasteiger charge is 2.17. The Morgan fingerprint density at radius 2 is 1.84 bits per heavy atom. The van der Waals surface area contributed by atoms with Crippen molar-refractivity contribution in [3.05, 3.63) is 29.8 Å². The molecule has 0 radical (unpaired) electrons. The largest absolute Gasteiger partial charge is 0.492 e. The molecule has 1 aromatic heterocycles. The lowest BCUT2D eigenvalue weighted by atomic mass is 10.2. The Balaban J connectivity index is 2.14. The molecule has 2 rings (SSSR count). The van der Waals surface area contributed by atoms with Gasteiger partial charge in [0.2, 0.25) is 5.76 Å². The maximum Gasteiger partial charge on any atom is 0.325 e. The van der Waals surface area contributed by atoms with Crippen LogP contribution in [-0.2, 0) is 0 Å². The van der Waals surface area contributed by atoms with Gasteiger partial charge in [-0.15, -0.1) is 0 Å². The lowest BCUT2D eigenvalue weighted by Crippen LogP contribution is -2.20. The fourth-order valence-corrected chi connectivity index (χ4v) is 1.89. The first-order valence-corrected chi connectivity index (χ1v) is 7.36. The molecule has 10 heteroatoms. The summed E-state index contributed by atoms with van der Waals surface area (Å²) in [5, 5.41) is 7.83. The molecule has 0 saturated carbocycles. The Hall–Kier alpha value is -2.91. The van der Waals surface area contributed by atoms with Crippen molar-refractivity contribution in [2.45, 2.75) is 20.3 Å². The van der Waals surface area contributed by atoms with Crippen LogP contribution in [0.15, 0.2) is 22.7 Å². The molecule has 2 aromatic rings. The van der Waals surface area contributed by atoms with Gasteiger partial charge in [-0.05, 0) is 13.8 Å². The van der Waals surface area contributed by atoms with Crippen LogP contribution in [0.3, 0.4) is 0 Å². The minimum absolute atomic E-state index is 0.0185. The topological polar surface area (TPSA) is 85.6 Å². The highest BCUT2D eigenvalue weighted by atomic mass is 19.3. The van der Waals surface area contributed by atoms with Gasteiger partial charge in [0.15, 0.2) is 17.4 Å². The molecule has 0 bridgehead atoms. The number of nitrogens with zero attached hydrogens (tertiary/aromatic N) is 1. The van der Waals surface area contributed by atoms with Crippen LogP contribution in [0.4, 0.5) is 29.5 Å². The number of hydrogen-bond acceptors (Lipinski definition) is 5. The van der Waals surface area contributed by atoms with Gasteiger partial charge in [0.25, 0.3) is 6.43 Å². The molecule has 0 aliphatic heterocycles. The number of hydrogen-bond donors (Lipinski definition) is 2. The first-order valence-electron chi connectivity index (χ1n) is 7.36. The number of alkyl halides is 2. The maximum atomic E-state index is 14.0. The van der Waals surface area contributed by atoms with Crippen LogP contribution in [0.5, 0.6) is 11.5 Å². The molecule has 0 unspecified atom stereocenters. The molecule has 0 atom stereocenters. The molecule has 0 fully saturated rings. The van der Waals surface area contributed by atoms with E-state index in [0.29, 0.717) is 0 Å². The Labute approximate surface area is 141 Å². The number of halogens is 3. The number of anilines is 2. The summed E-state index contributed by atoms with van der Waals surface area (Å²) in [5.74, 6) is -1.41. The molecule has 1 heterocycles. The lowest BCUT2D eigenvalue weighted by molar-refractivity contribution is 0.112. The molecule has 25 heavy (non-hydrogen) atoms. The zero-order chi connectivity index (χ0) is 18.4. The predicted molar refractivity (Wildman–Crippen MR) is 82.8 cm³/mol. The number of rotatable bonds is 7. The van der Waals surface area contributed by atoms with Crippen molar-refractivity contribution in [3.63, 3.8) is 0 Å². The van der Waals surface area contributed by atoms with Gasteiger partial charge in [0, 0.05) is 18.2 Å². The summed E-state index contributed by atoms with van der Waals surface area (Å²) in [6, 6.07) is 2.39. The Bertz CT molecular complexity index is 737. The molecular weight excluding hydrogens is 343 g/mol. The first-order chi connectivity index (χ1) is 11.9. The van der Waals surface area contributed by atoms with E-state index in [0.717, 1.165) is 12.1 Å². The van der Waals surface area contributed by atoms with E-state index in [1.165, 1.54) is 6.07 Å². The predicted octanol–water partition coefficient (Wildman–Crippen LogP) is 4.19. The summed E-state index contributed by atoms with van der Waals surface area (Å²) >= 11 is 0. The SMILES string of the molecule is CCOc1cc(OCC)c(NC(=O)Nc2cc(C(F)F)on2)cc1F. The van der Waals surface area contributed by atoms with E-state index in [9.17, 15) is 18.0 Å². The fourth-order valence-electron chi connectivity index (χ4n) is 1.89. The number of amides is 2. The molecule has 0 saturated heterocycles. The molecule has 1 aromatic carbocycles. The average molecular weight is 359 g/mol. The van der Waals surface area contributed by atoms with Gasteiger partial charge >= 0.3 is 6.03 Å². The Morgan fingerprint density at radius 3 is 2.44 bits per heavy atom. The van der Waals surface area contributed by atoms with E-state index in [-0.39, 0.29) is 36.2 Å². The van der Waals surface area contributed by atoms with Gasteiger partial charge in [-0.25, -0.2) is 18.0 Å². The highest BCUT2D eigenvalue weighted by molar-refractivity contribution is 6.00. The van der Waals surface area contributed by atoms with Gasteiger partial charge in [-0.2, -0.15) is 0 Å². The van der Waals surface area contributed by atoms with Crippen molar-refractivity contribution in [2.75, 3.05) is 23.8 Å². The fraction of sp³-hybridized carbons (Fsp3) is 0.333. The molecule has 2 N–H and O–H groups in total. The van der Waals surface area contributed by atoms with Crippen molar-refractivity contribution < 1.29 is 32.0 Å². The van der Waals surface area contributed by atoms with E-state index in [2.05, 4.69) is 20.3 Å². The quantitative estimate of drug-likeness (QED) is 0.774. The van der Waals surface area contributed by atoms with Gasteiger partial charge in [-0.1, -0.05) is 5.16 Å². The molecule has 0 spiro atoms. The van der Waals surface area contributed by atoms with Crippen LogP contribution in [0.2, 0.25) is 0 Å². The van der Waals surface area contributed by atoms with E-state index >= 15 is 0 Å². The third kappa shape index (κ3) is 4.78. The van der Waals surface area contributed by atoms with Gasteiger partial charge in [-0.3, -0.25) is 5.32 Å². The summed E-state index contributed by atoms with van der Waals surface area (Å²) in [7, 11) is 0. The third-order valence-electron chi connectivity index (χ3n) is 2.87. The number of aromatic nitrogens is 1. The Kier molecular flexibility index (Phi) is 6.09. The van der Waals surface area contributed by atoms with Crippen LogP contribution < -0.4 is 20.1 Å². The van der Waals surface area contributed by atoms with E-state index < -0.39 is 24.0 Å². The minimum Gasteiger partial charge on any atom is -0.492 e. The van der Waals surface area contributed by atoms with Crippen molar-refractivity contribution >= 4 is 17.5 Å². The van der Waals surface area contributed by atoms with E-state index in [4.69, 9.17) is 9.47 Å². The molecule has 7 nitrogen and oxygen atoms in total. The monoisotopic (exact) mass is 359 g/mol. The van der Waals surface area contributed by atoms with E-state index in [1.54, 1.807) is 13.8 Å². The van der Waals surface area contributed by atoms with Crippen molar-refractivity contribution in [1.82, 2.24) is 5.16 Å². The van der Waals surface area contributed by atoms with Crippen LogP contribution in [-0.4, -0.2) is 24.4 Å². The molecular formula is C15H16F3N3O4. The second kappa shape index (κ2) is 8.27. The van der Waals surface area contributed by atoms with Crippen LogP contribution in [0, 0.1) is 5.82 Å². The molecule has 0 aliphatic carbocycles. The van der Waals surface area contributed by atoms with Gasteiger partial charge < -0.3 is 19.3 Å². The number of nitrogens with one attached hydrogen (secondary N) is 2. The second-order valence-corrected chi connectivity index (χ2v) is 4.64. The second-order valence-electron chi connectivity index (χ2n) is 4.64. The normalized spacial score (nSPS) is 10.6.